The fraction of sp³-hybridized carbons (Fsp3) is 0.448. The number of hydrogen-bond acceptors (Lipinski definition) is 6. The summed E-state index contributed by atoms with van der Waals surface area (Å²) in [5, 5.41) is 3.98. The highest BCUT2D eigenvalue weighted by atomic mass is 35.5. The van der Waals surface area contributed by atoms with Gasteiger partial charge in [0, 0.05) is 67.5 Å². The summed E-state index contributed by atoms with van der Waals surface area (Å²) in [5.74, 6) is 0.873. The number of benzene rings is 1. The number of likely N-dealkylation sites (tertiary alicyclic amines) is 1. The number of amides is 2. The summed E-state index contributed by atoms with van der Waals surface area (Å²) in [6, 6.07) is 9.29. The number of carbonyl (C=O) groups excluding carboxylic acids is 2. The zero-order chi connectivity index (χ0) is 26.3. The van der Waals surface area contributed by atoms with Crippen molar-refractivity contribution in [2.24, 2.45) is 0 Å². The molecular formula is C29H35ClN6O2. The van der Waals surface area contributed by atoms with Gasteiger partial charge >= 0.3 is 0 Å². The van der Waals surface area contributed by atoms with Crippen molar-refractivity contribution in [2.45, 2.75) is 38.0 Å². The van der Waals surface area contributed by atoms with E-state index in [-0.39, 0.29) is 17.7 Å². The molecule has 38 heavy (non-hydrogen) atoms. The van der Waals surface area contributed by atoms with E-state index in [0.29, 0.717) is 44.1 Å². The monoisotopic (exact) mass is 534 g/mol. The second-order valence-corrected chi connectivity index (χ2v) is 10.6. The van der Waals surface area contributed by atoms with Crippen molar-refractivity contribution in [3.63, 3.8) is 0 Å². The van der Waals surface area contributed by atoms with Crippen LogP contribution in [0.2, 0.25) is 0 Å². The number of piperidine rings is 1. The van der Waals surface area contributed by atoms with E-state index in [1.807, 2.05) is 52.3 Å². The smallest absolute Gasteiger partial charge is 0.253 e. The van der Waals surface area contributed by atoms with E-state index in [9.17, 15) is 9.59 Å². The molecule has 1 atom stereocenters. The third-order valence-corrected chi connectivity index (χ3v) is 7.79. The molecule has 5 rings (SSSR count). The zero-order valence-electron chi connectivity index (χ0n) is 21.7. The van der Waals surface area contributed by atoms with Crippen LogP contribution in [0.25, 0.3) is 0 Å². The Morgan fingerprint density at radius 1 is 0.947 bits per heavy atom. The molecule has 0 bridgehead atoms. The van der Waals surface area contributed by atoms with Crippen LogP contribution in [0.4, 0.5) is 11.6 Å². The van der Waals surface area contributed by atoms with Crippen molar-refractivity contribution in [2.75, 3.05) is 51.1 Å². The minimum atomic E-state index is -0.00832. The third kappa shape index (κ3) is 6.79. The van der Waals surface area contributed by atoms with Crippen LogP contribution in [-0.4, -0.2) is 82.3 Å². The average Bonchev–Trinajstić information content (AvgIpc) is 2.97. The molecule has 2 aliphatic heterocycles. The number of rotatable bonds is 7. The molecule has 1 aromatic heterocycles. The second kappa shape index (κ2) is 12.5. The molecule has 1 unspecified atom stereocenters. The van der Waals surface area contributed by atoms with Crippen LogP contribution in [0.15, 0.2) is 59.8 Å². The van der Waals surface area contributed by atoms with Gasteiger partial charge in [-0.05, 0) is 68.8 Å². The summed E-state index contributed by atoms with van der Waals surface area (Å²) in [7, 11) is 0. The van der Waals surface area contributed by atoms with Crippen LogP contribution in [0, 0.1) is 0 Å². The minimum Gasteiger partial charge on any atom is -0.339 e. The van der Waals surface area contributed by atoms with Gasteiger partial charge in [-0.15, -0.1) is 0 Å². The first-order valence-electron chi connectivity index (χ1n) is 13.6. The fourth-order valence-electron chi connectivity index (χ4n) is 5.21. The number of nitrogens with zero attached hydrogens (tertiary/aromatic N) is 5. The Hall–Kier alpha value is -3.23. The third-order valence-electron chi connectivity index (χ3n) is 7.51. The molecule has 0 radical (unpaired) electrons. The number of anilines is 2. The van der Waals surface area contributed by atoms with Crippen molar-refractivity contribution >= 4 is 35.1 Å². The average molecular weight is 535 g/mol. The SMILES string of the molecule is O=C(CCN1CCCCC1)N1CCN(C(=O)c2ccc(Nc3nccc(C4C=CC(Cl)=CC4)n3)cc2)CC1. The summed E-state index contributed by atoms with van der Waals surface area (Å²) in [4.78, 5) is 40.9. The highest BCUT2D eigenvalue weighted by molar-refractivity contribution is 6.31. The van der Waals surface area contributed by atoms with E-state index in [0.717, 1.165) is 42.5 Å². The Morgan fingerprint density at radius 3 is 2.39 bits per heavy atom. The molecule has 200 valence electrons. The van der Waals surface area contributed by atoms with Crippen LogP contribution in [0.3, 0.4) is 0 Å². The van der Waals surface area contributed by atoms with Crippen LogP contribution in [0.5, 0.6) is 0 Å². The van der Waals surface area contributed by atoms with Crippen LogP contribution < -0.4 is 5.32 Å². The minimum absolute atomic E-state index is 0.00832. The van der Waals surface area contributed by atoms with Crippen molar-refractivity contribution in [3.8, 4) is 0 Å². The lowest BCUT2D eigenvalue weighted by atomic mass is 9.97. The highest BCUT2D eigenvalue weighted by Crippen LogP contribution is 2.27. The van der Waals surface area contributed by atoms with E-state index in [4.69, 9.17) is 11.6 Å². The number of carbonyl (C=O) groups is 2. The highest BCUT2D eigenvalue weighted by Gasteiger charge is 2.25. The molecular weight excluding hydrogens is 500 g/mol. The lowest BCUT2D eigenvalue weighted by molar-refractivity contribution is -0.133. The number of aromatic nitrogens is 2. The Morgan fingerprint density at radius 2 is 1.68 bits per heavy atom. The predicted octanol–water partition coefficient (Wildman–Crippen LogP) is 4.55. The molecule has 1 aromatic carbocycles. The van der Waals surface area contributed by atoms with Crippen LogP contribution in [0.1, 0.15) is 54.1 Å². The van der Waals surface area contributed by atoms with E-state index in [1.54, 1.807) is 6.20 Å². The van der Waals surface area contributed by atoms with Gasteiger partial charge in [0.25, 0.3) is 5.91 Å². The van der Waals surface area contributed by atoms with Crippen molar-refractivity contribution < 1.29 is 9.59 Å². The topological polar surface area (TPSA) is 81.7 Å². The van der Waals surface area contributed by atoms with Crippen molar-refractivity contribution in [1.82, 2.24) is 24.7 Å². The number of nitrogens with one attached hydrogen (secondary N) is 1. The van der Waals surface area contributed by atoms with E-state index < -0.39 is 0 Å². The van der Waals surface area contributed by atoms with Gasteiger partial charge in [0.15, 0.2) is 0 Å². The Labute approximate surface area is 229 Å². The van der Waals surface area contributed by atoms with Crippen molar-refractivity contribution in [3.05, 3.63) is 71.0 Å². The molecule has 3 heterocycles. The molecule has 3 aliphatic rings. The van der Waals surface area contributed by atoms with Crippen LogP contribution in [-0.2, 0) is 4.79 Å². The lowest BCUT2D eigenvalue weighted by Crippen LogP contribution is -2.51. The Kier molecular flexibility index (Phi) is 8.71. The number of allylic oxidation sites excluding steroid dienone is 4. The van der Waals surface area contributed by atoms with E-state index >= 15 is 0 Å². The van der Waals surface area contributed by atoms with E-state index in [2.05, 4.69) is 26.3 Å². The van der Waals surface area contributed by atoms with Gasteiger partial charge in [-0.3, -0.25) is 9.59 Å². The van der Waals surface area contributed by atoms with Gasteiger partial charge in [0.2, 0.25) is 11.9 Å². The molecule has 0 spiro atoms. The van der Waals surface area contributed by atoms with Crippen molar-refractivity contribution in [1.29, 1.82) is 0 Å². The number of halogens is 1. The maximum atomic E-state index is 13.1. The summed E-state index contributed by atoms with van der Waals surface area (Å²) in [5.41, 5.74) is 2.37. The maximum absolute atomic E-state index is 13.1. The number of hydrogen-bond donors (Lipinski definition) is 1. The summed E-state index contributed by atoms with van der Waals surface area (Å²) in [6.07, 6.45) is 12.8. The standard InChI is InChI=1S/C29H35ClN6O2/c30-24-8-4-22(5-9-24)26-12-14-31-29(33-26)32-25-10-6-23(7-11-25)28(38)36-20-18-35(19-21-36)27(37)13-17-34-15-2-1-3-16-34/h4,6-12,14,22H,1-3,5,13,15-21H2,(H,31,32,33). The quantitative estimate of drug-likeness (QED) is 0.561. The first-order chi connectivity index (χ1) is 18.5. The van der Waals surface area contributed by atoms with Gasteiger partial charge in [0.1, 0.15) is 0 Å². The number of piperazine rings is 1. The largest absolute Gasteiger partial charge is 0.339 e. The normalized spacial score (nSPS) is 20.2. The molecule has 2 amide bonds. The summed E-state index contributed by atoms with van der Waals surface area (Å²) < 4.78 is 0. The first kappa shape index (κ1) is 26.4. The molecule has 2 fully saturated rings. The molecule has 2 aromatic rings. The van der Waals surface area contributed by atoms with Gasteiger partial charge in [-0.25, -0.2) is 9.97 Å². The molecule has 0 saturated carbocycles. The summed E-state index contributed by atoms with van der Waals surface area (Å²) >= 11 is 6.03. The van der Waals surface area contributed by atoms with Gasteiger partial charge in [-0.2, -0.15) is 0 Å². The Balaban J connectivity index is 1.10. The fourth-order valence-corrected chi connectivity index (χ4v) is 5.38. The summed E-state index contributed by atoms with van der Waals surface area (Å²) in [6.45, 7) is 5.36. The molecule has 9 heteroatoms. The predicted molar refractivity (Wildman–Crippen MR) is 150 cm³/mol. The van der Waals surface area contributed by atoms with Gasteiger partial charge in [0.05, 0.1) is 5.69 Å². The van der Waals surface area contributed by atoms with Gasteiger partial charge in [-0.1, -0.05) is 30.2 Å². The molecule has 1 aliphatic carbocycles. The molecule has 2 saturated heterocycles. The van der Waals surface area contributed by atoms with Gasteiger partial charge < -0.3 is 20.0 Å². The second-order valence-electron chi connectivity index (χ2n) is 10.1. The zero-order valence-corrected chi connectivity index (χ0v) is 22.4. The first-order valence-corrected chi connectivity index (χ1v) is 14.0. The maximum Gasteiger partial charge on any atom is 0.253 e. The van der Waals surface area contributed by atoms with Crippen LogP contribution >= 0.6 is 11.6 Å². The molecule has 8 nitrogen and oxygen atoms in total. The molecule has 1 N–H and O–H groups in total. The lowest BCUT2D eigenvalue weighted by Gasteiger charge is -2.35. The Bertz CT molecular complexity index is 1180. The van der Waals surface area contributed by atoms with E-state index in [1.165, 1.54) is 19.3 Å².